The van der Waals surface area contributed by atoms with Gasteiger partial charge in [-0.05, 0) is 37.3 Å². The van der Waals surface area contributed by atoms with Gasteiger partial charge in [-0.1, -0.05) is 43.7 Å². The maximum Gasteiger partial charge on any atom is 0.263 e. The molecule has 31 heavy (non-hydrogen) atoms. The van der Waals surface area contributed by atoms with Crippen LogP contribution in [0.1, 0.15) is 68.4 Å². The quantitative estimate of drug-likeness (QED) is 0.633. The van der Waals surface area contributed by atoms with E-state index >= 15 is 0 Å². The second-order valence-corrected chi connectivity index (χ2v) is 10.1. The van der Waals surface area contributed by atoms with Crippen molar-refractivity contribution in [1.29, 1.82) is 0 Å². The molecule has 1 amide bonds. The van der Waals surface area contributed by atoms with Gasteiger partial charge in [0.15, 0.2) is 10.9 Å². The van der Waals surface area contributed by atoms with Crippen LogP contribution in [0.5, 0.6) is 0 Å². The number of carbonyl (C=O) groups is 2. The topological polar surface area (TPSA) is 91.9 Å². The predicted octanol–water partition coefficient (Wildman–Crippen LogP) is 4.45. The van der Waals surface area contributed by atoms with Crippen LogP contribution in [-0.2, 0) is 12.8 Å². The number of benzene rings is 1. The molecule has 1 aliphatic rings. The summed E-state index contributed by atoms with van der Waals surface area (Å²) in [5, 5.41) is 3.17. The fraction of sp³-hybridized carbons (Fsp3) is 0.333. The number of aromatic nitrogens is 2. The minimum atomic E-state index is -0.558. The summed E-state index contributed by atoms with van der Waals surface area (Å²) in [7, 11) is 0. The zero-order valence-corrected chi connectivity index (χ0v) is 18.9. The number of Topliss-reactive ketones (excluding diaryl/α,β-unsaturated/α-hetero) is 1. The van der Waals surface area contributed by atoms with E-state index in [1.54, 1.807) is 0 Å². The molecule has 0 saturated carbocycles. The van der Waals surface area contributed by atoms with Crippen molar-refractivity contribution in [3.05, 3.63) is 79.2 Å². The Labute approximate surface area is 184 Å². The highest BCUT2D eigenvalue weighted by atomic mass is 32.1. The zero-order chi connectivity index (χ0) is 22.3. The first-order valence-corrected chi connectivity index (χ1v) is 11.1. The van der Waals surface area contributed by atoms with Gasteiger partial charge in [-0.3, -0.25) is 19.7 Å². The lowest BCUT2D eigenvalue weighted by Crippen LogP contribution is -2.32. The van der Waals surface area contributed by atoms with Gasteiger partial charge in [0.25, 0.3) is 11.5 Å². The number of aryl methyl sites for hydroxylation is 2. The van der Waals surface area contributed by atoms with Crippen LogP contribution in [0.2, 0.25) is 0 Å². The van der Waals surface area contributed by atoms with E-state index in [-0.39, 0.29) is 16.8 Å². The number of hydrogen-bond acceptors (Lipinski definition) is 5. The molecule has 0 saturated heterocycles. The normalized spacial score (nSPS) is 14.9. The lowest BCUT2D eigenvalue weighted by atomic mass is 9.75. The lowest BCUT2D eigenvalue weighted by Gasteiger charge is -2.29. The molecule has 2 aromatic heterocycles. The fourth-order valence-electron chi connectivity index (χ4n) is 3.90. The van der Waals surface area contributed by atoms with Gasteiger partial charge in [0.2, 0.25) is 0 Å². The molecule has 0 unspecified atom stereocenters. The molecule has 6 nitrogen and oxygen atoms in total. The number of pyridine rings is 1. The van der Waals surface area contributed by atoms with E-state index in [9.17, 15) is 14.4 Å². The Morgan fingerprint density at radius 3 is 2.58 bits per heavy atom. The summed E-state index contributed by atoms with van der Waals surface area (Å²) in [5.41, 5.74) is 3.49. The predicted molar refractivity (Wildman–Crippen MR) is 122 cm³/mol. The van der Waals surface area contributed by atoms with Gasteiger partial charge < -0.3 is 4.98 Å². The van der Waals surface area contributed by atoms with E-state index in [4.69, 9.17) is 0 Å². The van der Waals surface area contributed by atoms with E-state index in [1.807, 2.05) is 27.7 Å². The van der Waals surface area contributed by atoms with Crippen LogP contribution in [-0.4, -0.2) is 21.7 Å². The highest BCUT2D eigenvalue weighted by molar-refractivity contribution is 7.15. The minimum Gasteiger partial charge on any atom is -0.325 e. The second kappa shape index (κ2) is 7.89. The Morgan fingerprint density at radius 1 is 1.16 bits per heavy atom. The molecule has 0 aliphatic heterocycles. The molecule has 0 fully saturated rings. The molecule has 1 aliphatic carbocycles. The molecular formula is C24H25N3O3S. The molecule has 3 aromatic rings. The van der Waals surface area contributed by atoms with Crippen LogP contribution < -0.4 is 10.9 Å². The molecule has 160 valence electrons. The fourth-order valence-corrected chi connectivity index (χ4v) is 4.89. The summed E-state index contributed by atoms with van der Waals surface area (Å²) < 4.78 is 0. The number of H-pyrrole nitrogens is 1. The summed E-state index contributed by atoms with van der Waals surface area (Å²) >= 11 is 1.39. The number of hydrogen-bond donors (Lipinski definition) is 2. The van der Waals surface area contributed by atoms with Gasteiger partial charge in [-0.25, -0.2) is 4.98 Å². The monoisotopic (exact) mass is 435 g/mol. The molecule has 0 radical (unpaired) electrons. The number of rotatable bonds is 4. The Morgan fingerprint density at radius 2 is 1.87 bits per heavy atom. The van der Waals surface area contributed by atoms with Crippen molar-refractivity contribution in [2.75, 3.05) is 5.32 Å². The van der Waals surface area contributed by atoms with Crippen LogP contribution in [0.25, 0.3) is 0 Å². The summed E-state index contributed by atoms with van der Waals surface area (Å²) in [5.74, 6) is -0.612. The number of thiazole rings is 1. The average Bonchev–Trinajstić information content (AvgIpc) is 3.00. The van der Waals surface area contributed by atoms with E-state index in [0.29, 0.717) is 29.2 Å². The number of nitrogens with zero attached hydrogens (tertiary/aromatic N) is 1. The highest BCUT2D eigenvalue weighted by Gasteiger charge is 2.32. The average molecular weight is 436 g/mol. The van der Waals surface area contributed by atoms with E-state index in [1.165, 1.54) is 28.5 Å². The van der Waals surface area contributed by atoms with Gasteiger partial charge >= 0.3 is 0 Å². The molecule has 4 rings (SSSR count). The molecule has 2 N–H and O–H groups in total. The summed E-state index contributed by atoms with van der Waals surface area (Å²) in [6.07, 6.45) is 1.71. The van der Waals surface area contributed by atoms with Crippen LogP contribution in [0.15, 0.2) is 35.1 Å². The summed E-state index contributed by atoms with van der Waals surface area (Å²) in [6.45, 7) is 7.94. The maximum absolute atomic E-state index is 12.8. The van der Waals surface area contributed by atoms with Crippen molar-refractivity contribution in [2.24, 2.45) is 5.41 Å². The van der Waals surface area contributed by atoms with Crippen molar-refractivity contribution in [3.63, 3.8) is 0 Å². The Bertz CT molecular complexity index is 1240. The van der Waals surface area contributed by atoms with Crippen LogP contribution in [0.4, 0.5) is 5.13 Å². The van der Waals surface area contributed by atoms with Gasteiger partial charge in [-0.2, -0.15) is 0 Å². The standard InChI is InChI=1S/C24H25N3O3S/c1-13-5-7-15(8-6-13)9-20-14(2)25-23(31-20)27-22(30)17-10-16-18(26-21(17)29)11-24(3,4)12-19(16)28/h5-8,10H,9,11-12H2,1-4H3,(H,26,29)(H,25,27,30). The number of nitrogens with one attached hydrogen (secondary N) is 2. The van der Waals surface area contributed by atoms with Crippen LogP contribution in [0, 0.1) is 19.3 Å². The molecule has 0 bridgehead atoms. The van der Waals surface area contributed by atoms with Gasteiger partial charge in [0.1, 0.15) is 5.56 Å². The smallest absolute Gasteiger partial charge is 0.263 e. The first kappa shape index (κ1) is 21.2. The molecule has 0 atom stereocenters. The SMILES string of the molecule is Cc1ccc(Cc2sc(NC(=O)c3cc4c([nH]c3=O)CC(C)(C)CC4=O)nc2C)cc1. The number of amides is 1. The number of ketones is 1. The lowest BCUT2D eigenvalue weighted by molar-refractivity contribution is 0.0910. The van der Waals surface area contributed by atoms with E-state index in [2.05, 4.69) is 39.6 Å². The summed E-state index contributed by atoms with van der Waals surface area (Å²) in [4.78, 5) is 46.1. The second-order valence-electron chi connectivity index (χ2n) is 8.99. The Kier molecular flexibility index (Phi) is 5.39. The van der Waals surface area contributed by atoms with Crippen LogP contribution >= 0.6 is 11.3 Å². The third-order valence-corrected chi connectivity index (χ3v) is 6.63. The van der Waals surface area contributed by atoms with Gasteiger partial charge in [0.05, 0.1) is 5.69 Å². The van der Waals surface area contributed by atoms with Crippen molar-refractivity contribution >= 4 is 28.2 Å². The van der Waals surface area contributed by atoms with Gasteiger partial charge in [-0.15, -0.1) is 11.3 Å². The number of carbonyl (C=O) groups excluding carboxylic acids is 2. The molecule has 0 spiro atoms. The number of anilines is 1. The molecule has 2 heterocycles. The molecule has 1 aromatic carbocycles. The van der Waals surface area contributed by atoms with Crippen molar-refractivity contribution < 1.29 is 9.59 Å². The summed E-state index contributed by atoms with van der Waals surface area (Å²) in [6, 6.07) is 9.72. The Hall–Kier alpha value is -3.06. The third-order valence-electron chi connectivity index (χ3n) is 5.56. The Balaban J connectivity index is 1.55. The largest absolute Gasteiger partial charge is 0.325 e. The number of fused-ring (bicyclic) bond motifs is 1. The van der Waals surface area contributed by atoms with Gasteiger partial charge in [0, 0.05) is 29.0 Å². The molecular weight excluding hydrogens is 410 g/mol. The molecule has 7 heteroatoms. The maximum atomic E-state index is 12.8. The van der Waals surface area contributed by atoms with E-state index in [0.717, 1.165) is 17.0 Å². The van der Waals surface area contributed by atoms with E-state index < -0.39 is 11.5 Å². The number of aromatic amines is 1. The zero-order valence-electron chi connectivity index (χ0n) is 18.1. The first-order valence-electron chi connectivity index (χ1n) is 10.2. The van der Waals surface area contributed by atoms with Crippen molar-refractivity contribution in [3.8, 4) is 0 Å². The first-order chi connectivity index (χ1) is 14.6. The van der Waals surface area contributed by atoms with Crippen molar-refractivity contribution in [1.82, 2.24) is 9.97 Å². The van der Waals surface area contributed by atoms with Crippen LogP contribution in [0.3, 0.4) is 0 Å². The van der Waals surface area contributed by atoms with Crippen molar-refractivity contribution in [2.45, 2.75) is 47.0 Å². The third kappa shape index (κ3) is 4.51. The minimum absolute atomic E-state index is 0.0537. The highest BCUT2D eigenvalue weighted by Crippen LogP contribution is 2.33.